The fourth-order valence-corrected chi connectivity index (χ4v) is 1.84. The number of nitrogens with zero attached hydrogens (tertiary/aromatic N) is 2. The van der Waals surface area contributed by atoms with Crippen molar-refractivity contribution in [1.29, 1.82) is 0 Å². The molecule has 0 aliphatic rings. The van der Waals surface area contributed by atoms with Crippen molar-refractivity contribution in [3.05, 3.63) is 21.6 Å². The Morgan fingerprint density at radius 1 is 1.42 bits per heavy atom. The third kappa shape index (κ3) is 3.47. The highest BCUT2D eigenvalue weighted by molar-refractivity contribution is 6.33. The van der Waals surface area contributed by atoms with Crippen LogP contribution in [0.5, 0.6) is 0 Å². The molecule has 1 rings (SSSR count). The molecular weight excluding hydrogens is 268 g/mol. The van der Waals surface area contributed by atoms with Gasteiger partial charge in [-0.25, -0.2) is 4.68 Å². The minimum Gasteiger partial charge on any atom is -0.371 e. The van der Waals surface area contributed by atoms with E-state index in [2.05, 4.69) is 10.4 Å². The zero-order chi connectivity index (χ0) is 14.7. The summed E-state index contributed by atoms with van der Waals surface area (Å²) >= 11 is 6.01. The number of carbonyl (C=O) groups is 1. The van der Waals surface area contributed by atoms with E-state index >= 15 is 0 Å². The molecule has 1 aromatic rings. The standard InChI is InChI=1S/C12H19ClN4O2/c1-6(2)10(11(14)18)16-8-5-15-17(7(3)4)12(19)9(8)13/h5-7,10,16H,1-4H3,(H2,14,18). The Balaban J connectivity index is 3.13. The average Bonchev–Trinajstić information content (AvgIpc) is 2.29. The fraction of sp³-hybridized carbons (Fsp3) is 0.583. The molecule has 0 spiro atoms. The van der Waals surface area contributed by atoms with Crippen molar-refractivity contribution in [3.63, 3.8) is 0 Å². The molecule has 0 fully saturated rings. The van der Waals surface area contributed by atoms with Crippen molar-refractivity contribution in [1.82, 2.24) is 9.78 Å². The third-order valence-electron chi connectivity index (χ3n) is 2.72. The summed E-state index contributed by atoms with van der Waals surface area (Å²) in [5, 5.41) is 6.90. The second kappa shape index (κ2) is 6.06. The SMILES string of the molecule is CC(C)C(Nc1cnn(C(C)C)c(=O)c1Cl)C(N)=O. The Labute approximate surface area is 116 Å². The summed E-state index contributed by atoms with van der Waals surface area (Å²) in [7, 11) is 0. The number of halogens is 1. The van der Waals surface area contributed by atoms with Crippen molar-refractivity contribution in [2.45, 2.75) is 39.8 Å². The summed E-state index contributed by atoms with van der Waals surface area (Å²) in [5.41, 5.74) is 5.23. The van der Waals surface area contributed by atoms with Crippen LogP contribution >= 0.6 is 11.6 Å². The number of hydrogen-bond donors (Lipinski definition) is 2. The Kier molecular flexibility index (Phi) is 4.94. The van der Waals surface area contributed by atoms with Gasteiger partial charge in [0.2, 0.25) is 5.91 Å². The highest BCUT2D eigenvalue weighted by atomic mass is 35.5. The summed E-state index contributed by atoms with van der Waals surface area (Å²) in [5.74, 6) is -0.528. The van der Waals surface area contributed by atoms with E-state index in [9.17, 15) is 9.59 Å². The van der Waals surface area contributed by atoms with Gasteiger partial charge in [-0.3, -0.25) is 9.59 Å². The normalized spacial score (nSPS) is 12.8. The number of hydrogen-bond acceptors (Lipinski definition) is 4. The second-order valence-corrected chi connectivity index (χ2v) is 5.36. The first kappa shape index (κ1) is 15.5. The van der Waals surface area contributed by atoms with Crippen molar-refractivity contribution in [3.8, 4) is 0 Å². The van der Waals surface area contributed by atoms with E-state index in [1.54, 1.807) is 0 Å². The summed E-state index contributed by atoms with van der Waals surface area (Å²) in [4.78, 5) is 23.3. The van der Waals surface area contributed by atoms with Gasteiger partial charge in [-0.2, -0.15) is 5.10 Å². The number of rotatable bonds is 5. The number of primary amides is 1. The molecule has 0 aromatic carbocycles. The highest BCUT2D eigenvalue weighted by Crippen LogP contribution is 2.19. The smallest absolute Gasteiger partial charge is 0.287 e. The lowest BCUT2D eigenvalue weighted by Crippen LogP contribution is -2.40. The van der Waals surface area contributed by atoms with Gasteiger partial charge in [0.05, 0.1) is 17.9 Å². The van der Waals surface area contributed by atoms with Crippen molar-refractivity contribution >= 4 is 23.2 Å². The Bertz CT molecular complexity index is 525. The second-order valence-electron chi connectivity index (χ2n) is 4.98. The van der Waals surface area contributed by atoms with Crippen LogP contribution in [0.1, 0.15) is 33.7 Å². The average molecular weight is 287 g/mol. The molecule has 0 radical (unpaired) electrons. The largest absolute Gasteiger partial charge is 0.371 e. The molecular formula is C12H19ClN4O2. The number of carbonyl (C=O) groups excluding carboxylic acids is 1. The van der Waals surface area contributed by atoms with Crippen molar-refractivity contribution in [2.75, 3.05) is 5.32 Å². The predicted molar refractivity (Wildman–Crippen MR) is 75.3 cm³/mol. The van der Waals surface area contributed by atoms with Crippen LogP contribution in [0.2, 0.25) is 5.02 Å². The summed E-state index contributed by atoms with van der Waals surface area (Å²) in [6.45, 7) is 7.36. The van der Waals surface area contributed by atoms with Gasteiger partial charge in [0, 0.05) is 0 Å². The lowest BCUT2D eigenvalue weighted by atomic mass is 10.0. The maximum absolute atomic E-state index is 12.0. The van der Waals surface area contributed by atoms with Crippen LogP contribution in [0.3, 0.4) is 0 Å². The van der Waals surface area contributed by atoms with Gasteiger partial charge < -0.3 is 11.1 Å². The van der Waals surface area contributed by atoms with Crippen LogP contribution in [0.15, 0.2) is 11.0 Å². The zero-order valence-electron chi connectivity index (χ0n) is 11.5. The maximum atomic E-state index is 12.0. The third-order valence-corrected chi connectivity index (χ3v) is 3.08. The molecule has 0 saturated carbocycles. The van der Waals surface area contributed by atoms with Gasteiger partial charge in [-0.15, -0.1) is 0 Å². The van der Waals surface area contributed by atoms with Crippen LogP contribution in [-0.2, 0) is 4.79 Å². The molecule has 0 aliphatic heterocycles. The Hall–Kier alpha value is -1.56. The van der Waals surface area contributed by atoms with Gasteiger partial charge in [0.25, 0.3) is 5.56 Å². The summed E-state index contributed by atoms with van der Waals surface area (Å²) < 4.78 is 1.28. The highest BCUT2D eigenvalue weighted by Gasteiger charge is 2.21. The van der Waals surface area contributed by atoms with Crippen molar-refractivity contribution in [2.24, 2.45) is 11.7 Å². The molecule has 3 N–H and O–H groups in total. The van der Waals surface area contributed by atoms with E-state index in [1.807, 2.05) is 27.7 Å². The first-order valence-corrected chi connectivity index (χ1v) is 6.46. The molecule has 7 heteroatoms. The lowest BCUT2D eigenvalue weighted by molar-refractivity contribution is -0.119. The van der Waals surface area contributed by atoms with Gasteiger partial charge >= 0.3 is 0 Å². The van der Waals surface area contributed by atoms with E-state index in [1.165, 1.54) is 10.9 Å². The van der Waals surface area contributed by atoms with E-state index in [0.29, 0.717) is 5.69 Å². The van der Waals surface area contributed by atoms with Crippen LogP contribution < -0.4 is 16.6 Å². The summed E-state index contributed by atoms with van der Waals surface area (Å²) in [6.07, 6.45) is 1.43. The predicted octanol–water partition coefficient (Wildman–Crippen LogP) is 1.40. The number of amides is 1. The number of anilines is 1. The molecule has 1 unspecified atom stereocenters. The van der Waals surface area contributed by atoms with Crippen LogP contribution in [0.25, 0.3) is 0 Å². The van der Waals surface area contributed by atoms with Crippen LogP contribution in [-0.4, -0.2) is 21.7 Å². The van der Waals surface area contributed by atoms with E-state index in [4.69, 9.17) is 17.3 Å². The van der Waals surface area contributed by atoms with Crippen molar-refractivity contribution < 1.29 is 4.79 Å². The van der Waals surface area contributed by atoms with Gasteiger partial charge in [0.15, 0.2) is 0 Å². The maximum Gasteiger partial charge on any atom is 0.287 e. The van der Waals surface area contributed by atoms with E-state index in [0.717, 1.165) is 0 Å². The van der Waals surface area contributed by atoms with Gasteiger partial charge in [-0.05, 0) is 19.8 Å². The molecule has 19 heavy (non-hydrogen) atoms. The molecule has 1 amide bonds. The number of nitrogens with one attached hydrogen (secondary N) is 1. The molecule has 106 valence electrons. The molecule has 0 bridgehead atoms. The quantitative estimate of drug-likeness (QED) is 0.856. The van der Waals surface area contributed by atoms with E-state index < -0.39 is 17.5 Å². The topological polar surface area (TPSA) is 90.0 Å². The lowest BCUT2D eigenvalue weighted by Gasteiger charge is -2.21. The monoisotopic (exact) mass is 286 g/mol. The van der Waals surface area contributed by atoms with Crippen LogP contribution in [0, 0.1) is 5.92 Å². The minimum atomic E-state index is -0.603. The zero-order valence-corrected chi connectivity index (χ0v) is 12.2. The molecule has 0 saturated heterocycles. The molecule has 1 aromatic heterocycles. The number of nitrogens with two attached hydrogens (primary N) is 1. The molecule has 1 heterocycles. The molecule has 6 nitrogen and oxygen atoms in total. The Morgan fingerprint density at radius 2 is 2.00 bits per heavy atom. The Morgan fingerprint density at radius 3 is 2.42 bits per heavy atom. The van der Waals surface area contributed by atoms with Gasteiger partial charge in [0.1, 0.15) is 11.1 Å². The number of aromatic nitrogens is 2. The minimum absolute atomic E-state index is 0.00981. The first-order valence-electron chi connectivity index (χ1n) is 6.08. The first-order chi connectivity index (χ1) is 8.75. The van der Waals surface area contributed by atoms with Gasteiger partial charge in [-0.1, -0.05) is 25.4 Å². The molecule has 1 atom stereocenters. The summed E-state index contributed by atoms with van der Waals surface area (Å²) in [6, 6.07) is -0.690. The fourth-order valence-electron chi connectivity index (χ4n) is 1.65. The molecule has 0 aliphatic carbocycles. The van der Waals surface area contributed by atoms with E-state index in [-0.39, 0.29) is 17.0 Å². The van der Waals surface area contributed by atoms with Crippen LogP contribution in [0.4, 0.5) is 5.69 Å².